The van der Waals surface area contributed by atoms with Crippen molar-refractivity contribution in [1.82, 2.24) is 0 Å². The maximum Gasteiger partial charge on any atom is 0.320 e. The second-order valence-electron chi connectivity index (χ2n) is 11.5. The lowest BCUT2D eigenvalue weighted by Gasteiger charge is -2.63. The van der Waals surface area contributed by atoms with Gasteiger partial charge in [0, 0.05) is 22.7 Å². The molecule has 0 spiro atoms. The zero-order valence-electron chi connectivity index (χ0n) is 20.1. The van der Waals surface area contributed by atoms with E-state index in [9.17, 15) is 19.5 Å². The number of rotatable bonds is 3. The third kappa shape index (κ3) is 3.13. The van der Waals surface area contributed by atoms with Gasteiger partial charge in [-0.05, 0) is 68.4 Å². The molecule has 9 heteroatoms. The molecule has 0 aromatic rings. The number of hydrogen-bond acceptors (Lipinski definition) is 6. The molecule has 0 bridgehead atoms. The molecule has 1 heterocycles. The van der Waals surface area contributed by atoms with E-state index in [1.165, 1.54) is 23.9 Å². The number of thiol groups is 1. The van der Waals surface area contributed by atoms with Crippen LogP contribution in [0, 0.1) is 28.6 Å². The lowest BCUT2D eigenvalue weighted by molar-refractivity contribution is -0.228. The van der Waals surface area contributed by atoms with Crippen molar-refractivity contribution in [2.24, 2.45) is 28.6 Å². The molecule has 5 aliphatic rings. The smallest absolute Gasteiger partial charge is 0.320 e. The maximum atomic E-state index is 17.3. The Labute approximate surface area is 213 Å². The van der Waals surface area contributed by atoms with E-state index in [1.54, 1.807) is 20.8 Å². The number of ether oxygens (including phenoxy) is 1. The van der Waals surface area contributed by atoms with Crippen LogP contribution in [-0.4, -0.2) is 56.5 Å². The van der Waals surface area contributed by atoms with Crippen LogP contribution >= 0.6 is 24.4 Å². The van der Waals surface area contributed by atoms with Crippen molar-refractivity contribution >= 4 is 41.3 Å². The number of alkyl halides is 2. The molecule has 1 aliphatic heterocycles. The van der Waals surface area contributed by atoms with E-state index < -0.39 is 69.0 Å². The van der Waals surface area contributed by atoms with E-state index in [4.69, 9.17) is 4.74 Å². The van der Waals surface area contributed by atoms with Crippen LogP contribution < -0.4 is 0 Å². The van der Waals surface area contributed by atoms with Gasteiger partial charge in [0.2, 0.25) is 5.12 Å². The molecule has 1 unspecified atom stereocenters. The predicted octanol–water partition coefficient (Wildman–Crippen LogP) is 4.19. The number of aliphatic hydroxyl groups is 1. The first-order valence-corrected chi connectivity index (χ1v) is 13.9. The Morgan fingerprint density at radius 3 is 2.60 bits per heavy atom. The van der Waals surface area contributed by atoms with E-state index in [2.05, 4.69) is 12.6 Å². The summed E-state index contributed by atoms with van der Waals surface area (Å²) in [6, 6.07) is 0. The Balaban J connectivity index is 1.60. The fourth-order valence-corrected chi connectivity index (χ4v) is 9.89. The molecule has 4 fully saturated rings. The van der Waals surface area contributed by atoms with Gasteiger partial charge in [-0.3, -0.25) is 14.4 Å². The van der Waals surface area contributed by atoms with Gasteiger partial charge in [-0.25, -0.2) is 8.78 Å². The summed E-state index contributed by atoms with van der Waals surface area (Å²) in [5, 5.41) is 10.5. The Morgan fingerprint density at radius 2 is 1.97 bits per heavy atom. The summed E-state index contributed by atoms with van der Waals surface area (Å²) in [7, 11) is 0. The molecular formula is C26H32F2O5S2. The molecule has 1 N–H and O–H groups in total. The number of aliphatic hydroxyl groups excluding tert-OH is 1. The molecule has 0 radical (unpaired) electrons. The van der Waals surface area contributed by atoms with Gasteiger partial charge in [-0.2, -0.15) is 0 Å². The average molecular weight is 527 g/mol. The van der Waals surface area contributed by atoms with Crippen molar-refractivity contribution in [2.75, 3.05) is 5.75 Å². The number of ketones is 1. The van der Waals surface area contributed by atoms with Crippen molar-refractivity contribution in [3.8, 4) is 0 Å². The number of thioether (sulfide) groups is 1. The van der Waals surface area contributed by atoms with Gasteiger partial charge in [-0.1, -0.05) is 19.9 Å². The fraction of sp³-hybridized carbons (Fsp3) is 0.731. The lowest BCUT2D eigenvalue weighted by Crippen LogP contribution is -2.70. The summed E-state index contributed by atoms with van der Waals surface area (Å²) >= 11 is 5.68. The molecule has 35 heavy (non-hydrogen) atoms. The first-order valence-electron chi connectivity index (χ1n) is 12.4. The molecule has 10 atom stereocenters. The van der Waals surface area contributed by atoms with Crippen molar-refractivity contribution in [3.63, 3.8) is 0 Å². The lowest BCUT2D eigenvalue weighted by atomic mass is 9.44. The highest BCUT2D eigenvalue weighted by molar-refractivity contribution is 8.00. The summed E-state index contributed by atoms with van der Waals surface area (Å²) in [4.78, 5) is 38.3. The number of carbonyl (C=O) groups excluding carboxylic acids is 3. The van der Waals surface area contributed by atoms with Crippen LogP contribution in [0.4, 0.5) is 8.78 Å². The second-order valence-corrected chi connectivity index (χ2v) is 13.2. The quantitative estimate of drug-likeness (QED) is 0.424. The van der Waals surface area contributed by atoms with Gasteiger partial charge >= 0.3 is 5.97 Å². The first kappa shape index (κ1) is 25.5. The van der Waals surface area contributed by atoms with E-state index >= 15 is 8.78 Å². The predicted molar refractivity (Wildman–Crippen MR) is 131 cm³/mol. The standard InChI is InChI=1S/C26H32F2O5S2/c1-13-9-15-16-11-18(27)17-10-14(29)6-7-23(17,2)25(16,28)20(30)12-24(15,3)26(13,22(32)34)33-21(31)19-5-4-8-35-19/h6-7,10,13,15-16,18-20,30H,4-5,8-9,11-12H2,1-3H3,(H,32,34)/t13-,15+,16+,18+,19?,20+,23+,24+,25+,26+/m1/s1. The number of esters is 1. The van der Waals surface area contributed by atoms with Crippen molar-refractivity contribution in [2.45, 2.75) is 81.7 Å². The van der Waals surface area contributed by atoms with Crippen molar-refractivity contribution < 1.29 is 33.0 Å². The normalized spacial score (nSPS) is 50.7. The molecular weight excluding hydrogens is 494 g/mol. The summed E-state index contributed by atoms with van der Waals surface area (Å²) < 4.78 is 39.0. The summed E-state index contributed by atoms with van der Waals surface area (Å²) in [6.45, 7) is 5.09. The number of allylic oxidation sites excluding steroid dienone is 4. The van der Waals surface area contributed by atoms with Gasteiger partial charge in [-0.15, -0.1) is 24.4 Å². The fourth-order valence-electron chi connectivity index (χ4n) is 8.23. The Bertz CT molecular complexity index is 1040. The number of halogens is 2. The Kier molecular flexibility index (Phi) is 5.93. The van der Waals surface area contributed by atoms with Gasteiger partial charge < -0.3 is 9.84 Å². The molecule has 5 nitrogen and oxygen atoms in total. The molecule has 1 saturated heterocycles. The highest BCUT2D eigenvalue weighted by Crippen LogP contribution is 2.71. The zero-order valence-corrected chi connectivity index (χ0v) is 21.8. The van der Waals surface area contributed by atoms with Crippen LogP contribution in [0.25, 0.3) is 0 Å². The molecule has 0 aromatic heterocycles. The van der Waals surface area contributed by atoms with Crippen LogP contribution in [0.2, 0.25) is 0 Å². The van der Waals surface area contributed by atoms with Crippen LogP contribution in [0.5, 0.6) is 0 Å². The average Bonchev–Trinajstić information content (AvgIpc) is 3.39. The molecule has 192 valence electrons. The SMILES string of the molecule is C[C@@H]1C[C@H]2[C@@H]3C[C@H](F)C4=CC(=O)C=C[C@]4(C)[C@@]3(F)[C@@H](O)C[C@]2(C)[C@@]1(OC(=O)C1CCCS1)C(=O)S. The molecule has 0 amide bonds. The maximum absolute atomic E-state index is 17.3. The van der Waals surface area contributed by atoms with Crippen LogP contribution in [0.3, 0.4) is 0 Å². The van der Waals surface area contributed by atoms with E-state index in [0.29, 0.717) is 12.8 Å². The van der Waals surface area contributed by atoms with Gasteiger partial charge in [0.15, 0.2) is 17.1 Å². The van der Waals surface area contributed by atoms with E-state index in [-0.39, 0.29) is 23.7 Å². The van der Waals surface area contributed by atoms with Crippen molar-refractivity contribution in [1.29, 1.82) is 0 Å². The second kappa shape index (κ2) is 8.15. The van der Waals surface area contributed by atoms with Crippen LogP contribution in [0.1, 0.15) is 52.9 Å². The Morgan fingerprint density at radius 1 is 1.26 bits per heavy atom. The van der Waals surface area contributed by atoms with Crippen LogP contribution in [-0.2, 0) is 19.1 Å². The highest BCUT2D eigenvalue weighted by atomic mass is 32.2. The third-order valence-electron chi connectivity index (χ3n) is 9.94. The van der Waals surface area contributed by atoms with E-state index in [1.807, 2.05) is 0 Å². The molecule has 4 aliphatic carbocycles. The minimum Gasteiger partial charge on any atom is -0.448 e. The topological polar surface area (TPSA) is 80.7 Å². The number of hydrogen-bond donors (Lipinski definition) is 2. The molecule has 5 rings (SSSR count). The molecule has 3 saturated carbocycles. The third-order valence-corrected chi connectivity index (χ3v) is 11.6. The highest BCUT2D eigenvalue weighted by Gasteiger charge is 2.78. The summed E-state index contributed by atoms with van der Waals surface area (Å²) in [6.07, 6.45) is 2.17. The van der Waals surface area contributed by atoms with Gasteiger partial charge in [0.1, 0.15) is 11.4 Å². The van der Waals surface area contributed by atoms with Gasteiger partial charge in [0.05, 0.1) is 6.10 Å². The monoisotopic (exact) mass is 526 g/mol. The van der Waals surface area contributed by atoms with E-state index in [0.717, 1.165) is 18.2 Å². The number of fused-ring (bicyclic) bond motifs is 5. The first-order chi connectivity index (χ1) is 16.3. The van der Waals surface area contributed by atoms with Crippen molar-refractivity contribution in [3.05, 3.63) is 23.8 Å². The Hall–Kier alpha value is -1.19. The summed E-state index contributed by atoms with van der Waals surface area (Å²) in [5.41, 5.74) is -6.47. The molecule has 0 aromatic carbocycles. The largest absolute Gasteiger partial charge is 0.448 e. The zero-order chi connectivity index (χ0) is 25.6. The summed E-state index contributed by atoms with van der Waals surface area (Å²) in [5.74, 6) is -2.00. The minimum absolute atomic E-state index is 0.0543. The van der Waals surface area contributed by atoms with Crippen LogP contribution in [0.15, 0.2) is 23.8 Å². The van der Waals surface area contributed by atoms with Gasteiger partial charge in [0.25, 0.3) is 0 Å². The minimum atomic E-state index is -2.25. The number of carbonyl (C=O) groups is 3.